The summed E-state index contributed by atoms with van der Waals surface area (Å²) in [5.41, 5.74) is 1.38. The number of rotatable bonds is 0. The fraction of sp³-hybridized carbons (Fsp3) is 0.364. The van der Waals surface area contributed by atoms with Crippen LogP contribution in [0.5, 0.6) is 0 Å². The first-order valence-corrected chi connectivity index (χ1v) is 5.30. The van der Waals surface area contributed by atoms with E-state index in [1.165, 1.54) is 15.8 Å². The molecular weight excluding hydrogens is 178 g/mol. The number of aromatic nitrogens is 1. The van der Waals surface area contributed by atoms with Gasteiger partial charge in [-0.3, -0.25) is 4.98 Å². The second-order valence-corrected chi connectivity index (χ2v) is 5.14. The number of nitrogens with zero attached hydrogens (tertiary/aromatic N) is 1. The predicted octanol–water partition coefficient (Wildman–Crippen LogP) is 3.59. The fourth-order valence-electron chi connectivity index (χ4n) is 1.41. The Kier molecular flexibility index (Phi) is 1.88. The third-order valence-electron chi connectivity index (χ3n) is 2.04. The number of pyridine rings is 1. The first kappa shape index (κ1) is 8.70. The lowest BCUT2D eigenvalue weighted by atomic mass is 9.93. The molecule has 0 radical (unpaired) electrons. The van der Waals surface area contributed by atoms with Crippen molar-refractivity contribution in [3.05, 3.63) is 28.6 Å². The highest BCUT2D eigenvalue weighted by Crippen LogP contribution is 2.33. The molecule has 0 N–H and O–H groups in total. The average Bonchev–Trinajstić information content (AvgIpc) is 2.45. The van der Waals surface area contributed by atoms with Crippen molar-refractivity contribution in [2.75, 3.05) is 0 Å². The van der Waals surface area contributed by atoms with Crippen LogP contribution >= 0.6 is 11.3 Å². The van der Waals surface area contributed by atoms with Gasteiger partial charge in [-0.25, -0.2) is 0 Å². The van der Waals surface area contributed by atoms with Gasteiger partial charge in [0.15, 0.2) is 0 Å². The molecule has 2 heterocycles. The van der Waals surface area contributed by atoms with Gasteiger partial charge in [0, 0.05) is 21.8 Å². The van der Waals surface area contributed by atoms with Crippen molar-refractivity contribution >= 4 is 22.2 Å². The summed E-state index contributed by atoms with van der Waals surface area (Å²) in [6.07, 6.45) is 1.87. The zero-order chi connectivity index (χ0) is 9.47. The van der Waals surface area contributed by atoms with Gasteiger partial charge >= 0.3 is 0 Å². The second kappa shape index (κ2) is 2.81. The first-order chi connectivity index (χ1) is 6.09. The van der Waals surface area contributed by atoms with Crippen molar-refractivity contribution in [1.82, 2.24) is 4.98 Å². The largest absolute Gasteiger partial charge is 0.255 e. The molecule has 2 heteroatoms. The van der Waals surface area contributed by atoms with Gasteiger partial charge in [-0.1, -0.05) is 26.8 Å². The van der Waals surface area contributed by atoms with Gasteiger partial charge in [0.05, 0.1) is 5.52 Å². The summed E-state index contributed by atoms with van der Waals surface area (Å²) in [5, 5.41) is 3.44. The molecule has 0 fully saturated rings. The molecule has 0 spiro atoms. The third-order valence-corrected chi connectivity index (χ3v) is 3.45. The lowest BCUT2D eigenvalue weighted by Crippen LogP contribution is -2.09. The van der Waals surface area contributed by atoms with Crippen molar-refractivity contribution in [2.45, 2.75) is 26.2 Å². The summed E-state index contributed by atoms with van der Waals surface area (Å²) in [6.45, 7) is 6.69. The third kappa shape index (κ3) is 1.46. The van der Waals surface area contributed by atoms with E-state index in [0.717, 1.165) is 0 Å². The molecule has 0 aliphatic heterocycles. The molecule has 2 aromatic heterocycles. The molecule has 0 atom stereocenters. The minimum Gasteiger partial charge on any atom is -0.255 e. The highest BCUT2D eigenvalue weighted by Gasteiger charge is 2.19. The lowest BCUT2D eigenvalue weighted by Gasteiger charge is -2.15. The Morgan fingerprint density at radius 2 is 2.08 bits per heavy atom. The number of fused-ring (bicyclic) bond motifs is 1. The molecule has 0 bridgehead atoms. The highest BCUT2D eigenvalue weighted by atomic mass is 32.1. The summed E-state index contributed by atoms with van der Waals surface area (Å²) >= 11 is 1.81. The Bertz CT molecular complexity index is 423. The normalized spacial score (nSPS) is 12.2. The maximum absolute atomic E-state index is 4.42. The molecule has 0 saturated carbocycles. The fourth-order valence-corrected chi connectivity index (χ4v) is 2.48. The molecule has 0 unspecified atom stereocenters. The van der Waals surface area contributed by atoms with E-state index in [1.54, 1.807) is 0 Å². The van der Waals surface area contributed by atoms with E-state index in [9.17, 15) is 0 Å². The van der Waals surface area contributed by atoms with Crippen LogP contribution in [0.1, 0.15) is 25.6 Å². The molecular formula is C11H13NS. The Morgan fingerprint density at radius 3 is 2.77 bits per heavy atom. The van der Waals surface area contributed by atoms with Crippen LogP contribution < -0.4 is 0 Å². The summed E-state index contributed by atoms with van der Waals surface area (Å²) in [5.74, 6) is 0. The number of thiophene rings is 1. The maximum atomic E-state index is 4.42. The summed E-state index contributed by atoms with van der Waals surface area (Å²) < 4.78 is 0. The van der Waals surface area contributed by atoms with Crippen LogP contribution in [0.15, 0.2) is 23.7 Å². The van der Waals surface area contributed by atoms with E-state index in [4.69, 9.17) is 0 Å². The molecule has 0 aromatic carbocycles. The van der Waals surface area contributed by atoms with Crippen LogP contribution in [0, 0.1) is 0 Å². The van der Waals surface area contributed by atoms with Gasteiger partial charge in [0.25, 0.3) is 0 Å². The minimum absolute atomic E-state index is 0.209. The smallest absolute Gasteiger partial charge is 0.0846 e. The van der Waals surface area contributed by atoms with Crippen LogP contribution in [-0.2, 0) is 5.41 Å². The van der Waals surface area contributed by atoms with E-state index in [2.05, 4.69) is 37.2 Å². The van der Waals surface area contributed by atoms with Gasteiger partial charge < -0.3 is 0 Å². The molecule has 0 aliphatic rings. The van der Waals surface area contributed by atoms with E-state index in [-0.39, 0.29) is 5.41 Å². The first-order valence-electron chi connectivity index (χ1n) is 4.42. The van der Waals surface area contributed by atoms with E-state index >= 15 is 0 Å². The van der Waals surface area contributed by atoms with Crippen molar-refractivity contribution in [3.63, 3.8) is 0 Å². The van der Waals surface area contributed by atoms with Crippen LogP contribution in [0.3, 0.4) is 0 Å². The zero-order valence-electron chi connectivity index (χ0n) is 8.16. The van der Waals surface area contributed by atoms with Crippen LogP contribution in [0.2, 0.25) is 0 Å². The Morgan fingerprint density at radius 1 is 1.31 bits per heavy atom. The molecule has 1 nitrogen and oxygen atoms in total. The molecule has 68 valence electrons. The van der Waals surface area contributed by atoms with Gasteiger partial charge in [-0.2, -0.15) is 0 Å². The Balaban J connectivity index is 2.72. The monoisotopic (exact) mass is 191 g/mol. The number of hydrogen-bond donors (Lipinski definition) is 0. The standard InChI is InChI=1S/C11H13NS/c1-11(2,3)10-9-8(7-13-10)5-4-6-12-9/h4-7H,1-3H3. The summed E-state index contributed by atoms with van der Waals surface area (Å²) in [6, 6.07) is 4.11. The van der Waals surface area contributed by atoms with Gasteiger partial charge in [-0.05, 0) is 11.5 Å². The van der Waals surface area contributed by atoms with Crippen molar-refractivity contribution in [2.24, 2.45) is 0 Å². The van der Waals surface area contributed by atoms with Crippen LogP contribution in [0.25, 0.3) is 10.9 Å². The Labute approximate surface area is 82.4 Å². The van der Waals surface area contributed by atoms with Crippen LogP contribution in [-0.4, -0.2) is 4.98 Å². The quantitative estimate of drug-likeness (QED) is 0.620. The summed E-state index contributed by atoms with van der Waals surface area (Å²) in [4.78, 5) is 5.80. The molecule has 0 amide bonds. The van der Waals surface area contributed by atoms with Crippen molar-refractivity contribution in [1.29, 1.82) is 0 Å². The molecule has 2 aromatic rings. The topological polar surface area (TPSA) is 12.9 Å². The van der Waals surface area contributed by atoms with Gasteiger partial charge in [0.1, 0.15) is 0 Å². The van der Waals surface area contributed by atoms with E-state index in [1.807, 2.05) is 23.6 Å². The van der Waals surface area contributed by atoms with E-state index < -0.39 is 0 Å². The number of hydrogen-bond acceptors (Lipinski definition) is 2. The highest BCUT2D eigenvalue weighted by molar-refractivity contribution is 7.11. The van der Waals surface area contributed by atoms with Gasteiger partial charge in [-0.15, -0.1) is 11.3 Å². The molecule has 0 saturated heterocycles. The predicted molar refractivity (Wildman–Crippen MR) is 58.3 cm³/mol. The average molecular weight is 191 g/mol. The molecule has 2 rings (SSSR count). The molecule has 0 aliphatic carbocycles. The van der Waals surface area contributed by atoms with Crippen molar-refractivity contribution in [3.8, 4) is 0 Å². The van der Waals surface area contributed by atoms with Crippen LogP contribution in [0.4, 0.5) is 0 Å². The minimum atomic E-state index is 0.209. The SMILES string of the molecule is CC(C)(C)c1scc2cccnc12. The Hall–Kier alpha value is -0.890. The lowest BCUT2D eigenvalue weighted by molar-refractivity contribution is 0.607. The van der Waals surface area contributed by atoms with Crippen molar-refractivity contribution < 1.29 is 0 Å². The second-order valence-electron chi connectivity index (χ2n) is 4.26. The van der Waals surface area contributed by atoms with Gasteiger partial charge in [0.2, 0.25) is 0 Å². The summed E-state index contributed by atoms with van der Waals surface area (Å²) in [7, 11) is 0. The zero-order valence-corrected chi connectivity index (χ0v) is 8.98. The van der Waals surface area contributed by atoms with E-state index in [0.29, 0.717) is 0 Å². The molecule has 13 heavy (non-hydrogen) atoms. The maximum Gasteiger partial charge on any atom is 0.0846 e.